The molecule has 1 aliphatic rings. The molecule has 0 aliphatic heterocycles. The van der Waals surface area contributed by atoms with Crippen LogP contribution in [0.1, 0.15) is 31.4 Å². The molecule has 100 valence electrons. The Kier molecular flexibility index (Phi) is 3.63. The van der Waals surface area contributed by atoms with Crippen LogP contribution in [0.4, 0.5) is 5.82 Å². The van der Waals surface area contributed by atoms with E-state index in [1.54, 1.807) is 11.8 Å². The minimum Gasteiger partial charge on any atom is -0.370 e. The van der Waals surface area contributed by atoms with E-state index < -0.39 is 0 Å². The number of nitrogens with one attached hydrogen (secondary N) is 1. The zero-order valence-corrected chi connectivity index (χ0v) is 11.6. The van der Waals surface area contributed by atoms with Crippen LogP contribution < -0.4 is 5.32 Å². The predicted molar refractivity (Wildman–Crippen MR) is 74.0 cm³/mol. The van der Waals surface area contributed by atoms with Crippen LogP contribution in [0.15, 0.2) is 23.5 Å². The summed E-state index contributed by atoms with van der Waals surface area (Å²) in [5.41, 5.74) is 1.22. The number of anilines is 1. The van der Waals surface area contributed by atoms with Crippen LogP contribution in [-0.2, 0) is 5.75 Å². The van der Waals surface area contributed by atoms with Gasteiger partial charge in [-0.1, -0.05) is 11.8 Å². The van der Waals surface area contributed by atoms with Gasteiger partial charge in [0.1, 0.15) is 5.82 Å². The molecule has 0 saturated heterocycles. The van der Waals surface area contributed by atoms with Gasteiger partial charge in [-0.15, -0.1) is 5.10 Å². The molecular weight excluding hydrogens is 260 g/mol. The van der Waals surface area contributed by atoms with E-state index >= 15 is 0 Å². The highest BCUT2D eigenvalue weighted by Gasteiger charge is 2.27. The predicted octanol–water partition coefficient (Wildman–Crippen LogP) is 2.13. The van der Waals surface area contributed by atoms with E-state index in [2.05, 4.69) is 38.8 Å². The molecule has 3 rings (SSSR count). The normalized spacial score (nSPS) is 14.6. The van der Waals surface area contributed by atoms with Crippen molar-refractivity contribution >= 4 is 17.6 Å². The fourth-order valence-electron chi connectivity index (χ4n) is 1.82. The Morgan fingerprint density at radius 2 is 2.37 bits per heavy atom. The molecule has 0 aromatic carbocycles. The Balaban J connectivity index is 1.65. The molecule has 2 aromatic rings. The molecule has 6 nitrogen and oxygen atoms in total. The number of tetrazole rings is 1. The first-order chi connectivity index (χ1) is 9.36. The third-order valence-electron chi connectivity index (χ3n) is 2.91. The number of nitrogens with zero attached hydrogens (tertiary/aromatic N) is 5. The number of pyridine rings is 1. The number of thioether (sulfide) groups is 1. The van der Waals surface area contributed by atoms with Crippen LogP contribution >= 0.6 is 11.8 Å². The molecule has 19 heavy (non-hydrogen) atoms. The first-order valence-corrected chi connectivity index (χ1v) is 7.45. The average molecular weight is 276 g/mol. The van der Waals surface area contributed by atoms with Gasteiger partial charge in [0.25, 0.3) is 0 Å². The molecule has 0 radical (unpaired) electrons. The van der Waals surface area contributed by atoms with E-state index in [1.807, 2.05) is 16.9 Å². The summed E-state index contributed by atoms with van der Waals surface area (Å²) in [6, 6.07) is 4.62. The average Bonchev–Trinajstić information content (AvgIpc) is 3.16. The van der Waals surface area contributed by atoms with E-state index in [0.717, 1.165) is 23.3 Å². The van der Waals surface area contributed by atoms with Crippen molar-refractivity contribution in [3.05, 3.63) is 23.9 Å². The van der Waals surface area contributed by atoms with Crippen LogP contribution in [0.25, 0.3) is 0 Å². The molecule has 1 N–H and O–H groups in total. The molecule has 0 atom stereocenters. The molecule has 0 spiro atoms. The van der Waals surface area contributed by atoms with Crippen LogP contribution in [0.2, 0.25) is 0 Å². The second-order valence-corrected chi connectivity index (χ2v) is 5.45. The lowest BCUT2D eigenvalue weighted by Crippen LogP contribution is -2.00. The van der Waals surface area contributed by atoms with Crippen molar-refractivity contribution in [2.24, 2.45) is 0 Å². The largest absolute Gasteiger partial charge is 0.370 e. The van der Waals surface area contributed by atoms with Crippen molar-refractivity contribution < 1.29 is 0 Å². The van der Waals surface area contributed by atoms with Gasteiger partial charge < -0.3 is 5.32 Å². The van der Waals surface area contributed by atoms with Gasteiger partial charge in [0, 0.05) is 18.5 Å². The van der Waals surface area contributed by atoms with Gasteiger partial charge in [-0.2, -0.15) is 0 Å². The molecular formula is C12H16N6S. The summed E-state index contributed by atoms with van der Waals surface area (Å²) >= 11 is 1.67. The molecule has 2 aromatic heterocycles. The molecule has 2 heterocycles. The van der Waals surface area contributed by atoms with Crippen LogP contribution in [0, 0.1) is 0 Å². The summed E-state index contributed by atoms with van der Waals surface area (Å²) < 4.78 is 1.94. The van der Waals surface area contributed by atoms with Crippen LogP contribution in [0.3, 0.4) is 0 Å². The van der Waals surface area contributed by atoms with Crippen molar-refractivity contribution in [2.75, 3.05) is 11.9 Å². The maximum absolute atomic E-state index is 4.26. The number of hydrogen-bond donors (Lipinski definition) is 1. The topological polar surface area (TPSA) is 68.5 Å². The van der Waals surface area contributed by atoms with Crippen LogP contribution in [0.5, 0.6) is 0 Å². The third-order valence-corrected chi connectivity index (χ3v) is 3.91. The zero-order valence-electron chi connectivity index (χ0n) is 10.8. The highest BCUT2D eigenvalue weighted by atomic mass is 32.2. The van der Waals surface area contributed by atoms with Gasteiger partial charge >= 0.3 is 0 Å². The molecule has 1 saturated carbocycles. The Labute approximate surface area is 116 Å². The van der Waals surface area contributed by atoms with Crippen molar-refractivity contribution in [3.63, 3.8) is 0 Å². The minimum absolute atomic E-state index is 0.521. The second kappa shape index (κ2) is 5.56. The summed E-state index contributed by atoms with van der Waals surface area (Å²) in [5, 5.41) is 16.0. The van der Waals surface area contributed by atoms with Gasteiger partial charge in [0.2, 0.25) is 5.16 Å². The first-order valence-electron chi connectivity index (χ1n) is 6.46. The fourth-order valence-corrected chi connectivity index (χ4v) is 2.71. The molecule has 0 bridgehead atoms. The van der Waals surface area contributed by atoms with Gasteiger partial charge in [-0.25, -0.2) is 9.67 Å². The van der Waals surface area contributed by atoms with E-state index in [0.29, 0.717) is 6.04 Å². The van der Waals surface area contributed by atoms with Gasteiger partial charge in [0.15, 0.2) is 0 Å². The Hall–Kier alpha value is -1.63. The van der Waals surface area contributed by atoms with Crippen molar-refractivity contribution in [2.45, 2.75) is 36.7 Å². The zero-order chi connectivity index (χ0) is 13.1. The van der Waals surface area contributed by atoms with Crippen molar-refractivity contribution in [1.82, 2.24) is 25.2 Å². The third kappa shape index (κ3) is 3.04. The Morgan fingerprint density at radius 3 is 3.16 bits per heavy atom. The molecule has 1 fully saturated rings. The Morgan fingerprint density at radius 1 is 1.47 bits per heavy atom. The van der Waals surface area contributed by atoms with Gasteiger partial charge in [0.05, 0.1) is 6.04 Å². The molecule has 0 unspecified atom stereocenters. The number of hydrogen-bond acceptors (Lipinski definition) is 6. The number of aromatic nitrogens is 5. The monoisotopic (exact) mass is 276 g/mol. The number of rotatable bonds is 6. The van der Waals surface area contributed by atoms with E-state index in [9.17, 15) is 0 Å². The van der Waals surface area contributed by atoms with Gasteiger partial charge in [-0.05, 0) is 47.9 Å². The van der Waals surface area contributed by atoms with E-state index in [1.165, 1.54) is 18.4 Å². The molecule has 7 heteroatoms. The van der Waals surface area contributed by atoms with E-state index in [-0.39, 0.29) is 0 Å². The maximum Gasteiger partial charge on any atom is 0.209 e. The standard InChI is InChI=1S/C12H16N6S/c1-2-13-11-7-9(5-6-14-11)8-19-12-15-16-17-18(12)10-3-4-10/h5-7,10H,2-4,8H2,1H3,(H,13,14). The minimum atomic E-state index is 0.521. The molecule has 0 amide bonds. The highest BCUT2D eigenvalue weighted by Crippen LogP contribution is 2.36. The summed E-state index contributed by atoms with van der Waals surface area (Å²) in [4.78, 5) is 4.26. The second-order valence-electron chi connectivity index (χ2n) is 4.51. The quantitative estimate of drug-likeness (QED) is 0.815. The fraction of sp³-hybridized carbons (Fsp3) is 0.500. The van der Waals surface area contributed by atoms with Crippen LogP contribution in [-0.4, -0.2) is 31.7 Å². The highest BCUT2D eigenvalue weighted by molar-refractivity contribution is 7.98. The Bertz CT molecular complexity index is 551. The lowest BCUT2D eigenvalue weighted by molar-refractivity contribution is 0.565. The summed E-state index contributed by atoms with van der Waals surface area (Å²) in [6.45, 7) is 2.94. The lowest BCUT2D eigenvalue weighted by Gasteiger charge is -2.05. The lowest BCUT2D eigenvalue weighted by atomic mass is 10.3. The summed E-state index contributed by atoms with van der Waals surface area (Å²) in [7, 11) is 0. The van der Waals surface area contributed by atoms with Crippen molar-refractivity contribution in [3.8, 4) is 0 Å². The smallest absolute Gasteiger partial charge is 0.209 e. The maximum atomic E-state index is 4.26. The summed E-state index contributed by atoms with van der Waals surface area (Å²) in [6.07, 6.45) is 4.22. The van der Waals surface area contributed by atoms with Crippen molar-refractivity contribution in [1.29, 1.82) is 0 Å². The molecule has 1 aliphatic carbocycles. The SMILES string of the molecule is CCNc1cc(CSc2nnnn2C2CC2)ccn1. The van der Waals surface area contributed by atoms with E-state index in [4.69, 9.17) is 0 Å². The summed E-state index contributed by atoms with van der Waals surface area (Å²) in [5.74, 6) is 1.77. The first kappa shape index (κ1) is 12.4. The van der Waals surface area contributed by atoms with Gasteiger partial charge in [-0.3, -0.25) is 0 Å².